The van der Waals surface area contributed by atoms with E-state index in [9.17, 15) is 0 Å². The third-order valence-electron chi connectivity index (χ3n) is 2.76. The Hall–Kier alpha value is -1.95. The van der Waals surface area contributed by atoms with E-state index in [1.54, 1.807) is 6.20 Å². The molecule has 0 fully saturated rings. The molecule has 0 aliphatic rings. The molecule has 96 valence electrons. The Kier molecular flexibility index (Phi) is 3.88. The molecule has 2 rings (SSSR count). The van der Waals surface area contributed by atoms with E-state index >= 15 is 0 Å². The van der Waals surface area contributed by atoms with Crippen LogP contribution in [0.3, 0.4) is 0 Å². The maximum Gasteiger partial charge on any atom is 0.223 e. The van der Waals surface area contributed by atoms with Gasteiger partial charge in [0.2, 0.25) is 5.95 Å². The van der Waals surface area contributed by atoms with E-state index in [4.69, 9.17) is 5.73 Å². The molecular formula is C12H18N6. The molecule has 18 heavy (non-hydrogen) atoms. The van der Waals surface area contributed by atoms with Gasteiger partial charge < -0.3 is 11.1 Å². The molecule has 0 atom stereocenters. The molecular weight excluding hydrogens is 228 g/mol. The van der Waals surface area contributed by atoms with E-state index in [-0.39, 0.29) is 0 Å². The predicted octanol–water partition coefficient (Wildman–Crippen LogP) is 1.04. The van der Waals surface area contributed by atoms with Crippen LogP contribution < -0.4 is 11.1 Å². The minimum atomic E-state index is 0.556. The van der Waals surface area contributed by atoms with Gasteiger partial charge >= 0.3 is 0 Å². The largest absolute Gasteiger partial charge is 0.353 e. The van der Waals surface area contributed by atoms with Crippen LogP contribution in [0.25, 0.3) is 11.3 Å². The van der Waals surface area contributed by atoms with Gasteiger partial charge in [0, 0.05) is 37.1 Å². The number of nitrogens with two attached hydrogens (primary N) is 1. The molecule has 0 aliphatic carbocycles. The van der Waals surface area contributed by atoms with Crippen molar-refractivity contribution in [2.45, 2.75) is 20.4 Å². The molecule has 0 saturated heterocycles. The molecule has 0 unspecified atom stereocenters. The van der Waals surface area contributed by atoms with Crippen LogP contribution in [0.15, 0.2) is 18.5 Å². The molecule has 0 spiro atoms. The highest BCUT2D eigenvalue weighted by Gasteiger charge is 2.09. The number of hydrogen-bond donors (Lipinski definition) is 2. The van der Waals surface area contributed by atoms with E-state index < -0.39 is 0 Å². The van der Waals surface area contributed by atoms with Crippen molar-refractivity contribution in [1.82, 2.24) is 19.7 Å². The first-order chi connectivity index (χ1) is 8.76. The quantitative estimate of drug-likeness (QED) is 0.823. The third-order valence-corrected chi connectivity index (χ3v) is 2.76. The van der Waals surface area contributed by atoms with Gasteiger partial charge in [-0.15, -0.1) is 0 Å². The van der Waals surface area contributed by atoms with Crippen LogP contribution in [0.5, 0.6) is 0 Å². The van der Waals surface area contributed by atoms with E-state index in [1.165, 1.54) is 0 Å². The maximum atomic E-state index is 5.44. The zero-order chi connectivity index (χ0) is 13.0. The average molecular weight is 246 g/mol. The van der Waals surface area contributed by atoms with Crippen LogP contribution >= 0.6 is 0 Å². The van der Waals surface area contributed by atoms with Gasteiger partial charge in [0.05, 0.1) is 11.9 Å². The monoisotopic (exact) mass is 246 g/mol. The Bertz CT molecular complexity index is 519. The zero-order valence-corrected chi connectivity index (χ0v) is 10.7. The minimum absolute atomic E-state index is 0.556. The Morgan fingerprint density at radius 3 is 2.94 bits per heavy atom. The lowest BCUT2D eigenvalue weighted by Gasteiger charge is -2.05. The van der Waals surface area contributed by atoms with E-state index in [1.807, 2.05) is 23.9 Å². The molecule has 0 aromatic carbocycles. The predicted molar refractivity (Wildman–Crippen MR) is 71.2 cm³/mol. The number of hydrogen-bond acceptors (Lipinski definition) is 5. The van der Waals surface area contributed by atoms with Crippen molar-refractivity contribution in [3.05, 3.63) is 24.2 Å². The number of anilines is 1. The summed E-state index contributed by atoms with van der Waals surface area (Å²) in [4.78, 5) is 8.61. The topological polar surface area (TPSA) is 81.7 Å². The Morgan fingerprint density at radius 2 is 2.28 bits per heavy atom. The van der Waals surface area contributed by atoms with Gasteiger partial charge in [-0.3, -0.25) is 4.68 Å². The van der Waals surface area contributed by atoms with Gasteiger partial charge in [0.1, 0.15) is 0 Å². The highest BCUT2D eigenvalue weighted by molar-refractivity contribution is 5.61. The second-order valence-corrected chi connectivity index (χ2v) is 3.94. The average Bonchev–Trinajstić information content (AvgIpc) is 2.78. The molecule has 2 aromatic rings. The molecule has 0 saturated carbocycles. The lowest BCUT2D eigenvalue weighted by molar-refractivity contribution is 0.640. The van der Waals surface area contributed by atoms with Crippen molar-refractivity contribution in [2.24, 2.45) is 5.73 Å². The molecule has 2 aromatic heterocycles. The molecule has 2 heterocycles. The normalized spacial score (nSPS) is 10.6. The Balaban J connectivity index is 2.29. The summed E-state index contributed by atoms with van der Waals surface area (Å²) < 4.78 is 1.95. The number of nitrogens with one attached hydrogen (secondary N) is 1. The van der Waals surface area contributed by atoms with Gasteiger partial charge in [0.25, 0.3) is 0 Å². The second kappa shape index (κ2) is 5.59. The van der Waals surface area contributed by atoms with Crippen LogP contribution in [-0.2, 0) is 6.54 Å². The summed E-state index contributed by atoms with van der Waals surface area (Å²) in [6.45, 7) is 6.19. The van der Waals surface area contributed by atoms with Gasteiger partial charge in [-0.05, 0) is 19.9 Å². The molecule has 6 nitrogen and oxygen atoms in total. The summed E-state index contributed by atoms with van der Waals surface area (Å²) in [6, 6.07) is 1.89. The highest BCUT2D eigenvalue weighted by Crippen LogP contribution is 2.21. The fourth-order valence-electron chi connectivity index (χ4n) is 1.79. The SMILES string of the molecule is CCn1ncc(-c2ccnc(NCCN)n2)c1C. The summed E-state index contributed by atoms with van der Waals surface area (Å²) >= 11 is 0. The number of aromatic nitrogens is 4. The number of aryl methyl sites for hydroxylation is 1. The first-order valence-electron chi connectivity index (χ1n) is 6.06. The first-order valence-corrected chi connectivity index (χ1v) is 6.06. The maximum absolute atomic E-state index is 5.44. The molecule has 0 amide bonds. The van der Waals surface area contributed by atoms with Crippen molar-refractivity contribution >= 4 is 5.95 Å². The summed E-state index contributed by atoms with van der Waals surface area (Å²) in [7, 11) is 0. The fraction of sp³-hybridized carbons (Fsp3) is 0.417. The third kappa shape index (κ3) is 2.48. The van der Waals surface area contributed by atoms with E-state index in [0.29, 0.717) is 19.0 Å². The smallest absolute Gasteiger partial charge is 0.223 e. The van der Waals surface area contributed by atoms with Crippen molar-refractivity contribution in [3.63, 3.8) is 0 Å². The first kappa shape index (κ1) is 12.5. The standard InChI is InChI=1S/C12H18N6/c1-3-18-9(2)10(8-16-18)11-4-6-14-12(17-11)15-7-5-13/h4,6,8H,3,5,7,13H2,1-2H3,(H,14,15,17). The molecule has 6 heteroatoms. The highest BCUT2D eigenvalue weighted by atomic mass is 15.3. The van der Waals surface area contributed by atoms with E-state index in [2.05, 4.69) is 27.3 Å². The number of nitrogens with zero attached hydrogens (tertiary/aromatic N) is 4. The van der Waals surface area contributed by atoms with Crippen LogP contribution in [-0.4, -0.2) is 32.8 Å². The van der Waals surface area contributed by atoms with Crippen LogP contribution in [0.2, 0.25) is 0 Å². The Labute approximate surface area is 106 Å². The summed E-state index contributed by atoms with van der Waals surface area (Å²) in [6.07, 6.45) is 3.58. The lowest BCUT2D eigenvalue weighted by atomic mass is 10.2. The summed E-state index contributed by atoms with van der Waals surface area (Å²) in [5.41, 5.74) is 8.47. The molecule has 0 bridgehead atoms. The molecule has 0 radical (unpaired) electrons. The van der Waals surface area contributed by atoms with Gasteiger partial charge in [-0.25, -0.2) is 9.97 Å². The van der Waals surface area contributed by atoms with Crippen molar-refractivity contribution in [3.8, 4) is 11.3 Å². The summed E-state index contributed by atoms with van der Waals surface area (Å²) in [5.74, 6) is 0.599. The van der Waals surface area contributed by atoms with Crippen LogP contribution in [0, 0.1) is 6.92 Å². The lowest BCUT2D eigenvalue weighted by Crippen LogP contribution is -2.14. The number of rotatable bonds is 5. The van der Waals surface area contributed by atoms with Crippen molar-refractivity contribution < 1.29 is 0 Å². The van der Waals surface area contributed by atoms with Crippen LogP contribution in [0.4, 0.5) is 5.95 Å². The molecule has 0 aliphatic heterocycles. The van der Waals surface area contributed by atoms with Crippen molar-refractivity contribution in [2.75, 3.05) is 18.4 Å². The van der Waals surface area contributed by atoms with Gasteiger partial charge in [-0.1, -0.05) is 0 Å². The van der Waals surface area contributed by atoms with Crippen molar-refractivity contribution in [1.29, 1.82) is 0 Å². The minimum Gasteiger partial charge on any atom is -0.353 e. The fourth-order valence-corrected chi connectivity index (χ4v) is 1.79. The van der Waals surface area contributed by atoms with Gasteiger partial charge in [0.15, 0.2) is 0 Å². The van der Waals surface area contributed by atoms with E-state index in [0.717, 1.165) is 23.5 Å². The Morgan fingerprint density at radius 1 is 1.44 bits per heavy atom. The second-order valence-electron chi connectivity index (χ2n) is 3.94. The zero-order valence-electron chi connectivity index (χ0n) is 10.7. The van der Waals surface area contributed by atoms with Gasteiger partial charge in [-0.2, -0.15) is 5.10 Å². The van der Waals surface area contributed by atoms with Crippen LogP contribution in [0.1, 0.15) is 12.6 Å². The molecule has 3 N–H and O–H groups in total. The summed E-state index contributed by atoms with van der Waals surface area (Å²) in [5, 5.41) is 7.39.